The van der Waals surface area contributed by atoms with Crippen LogP contribution in [-0.2, 0) is 16.0 Å². The van der Waals surface area contributed by atoms with Crippen molar-refractivity contribution in [3.63, 3.8) is 0 Å². The van der Waals surface area contributed by atoms with Crippen molar-refractivity contribution in [2.24, 2.45) is 0 Å². The smallest absolute Gasteiger partial charge is 0.220 e. The first-order chi connectivity index (χ1) is 27.5. The van der Waals surface area contributed by atoms with Crippen LogP contribution in [0.4, 0.5) is 11.9 Å². The number of aromatic nitrogens is 6. The van der Waals surface area contributed by atoms with Crippen LogP contribution in [0, 0.1) is 23.7 Å². The molecular weight excluding hydrogens is 763 g/mol. The number of aliphatic hydroxyl groups is 2. The SMILES string of the molecule is COCCOCCn1cc(-c2nc(N)ncc2Cl)c2cc(C#CC3(O)CCCC3)ccc21.Nc1ncc(Cl)c(-c2c[nH]c3ccc(C#CC4(O)CCCC4)cc23)n1. The molecule has 4 heterocycles. The van der Waals surface area contributed by atoms with Crippen LogP contribution in [0.1, 0.15) is 62.5 Å². The zero-order chi connectivity index (χ0) is 40.0. The van der Waals surface area contributed by atoms with Gasteiger partial charge in [-0.05, 0) is 87.8 Å². The van der Waals surface area contributed by atoms with Crippen LogP contribution in [0.25, 0.3) is 44.3 Å². The molecule has 2 aliphatic rings. The summed E-state index contributed by atoms with van der Waals surface area (Å²) in [6.07, 6.45) is 13.9. The molecule has 7 N–H and O–H groups in total. The minimum Gasteiger partial charge on any atom is -0.382 e. The van der Waals surface area contributed by atoms with Crippen LogP contribution in [0.15, 0.2) is 61.2 Å². The summed E-state index contributed by atoms with van der Waals surface area (Å²) in [5.41, 5.74) is 16.3. The van der Waals surface area contributed by atoms with Gasteiger partial charge >= 0.3 is 0 Å². The monoisotopic (exact) mass is 806 g/mol. The Kier molecular flexibility index (Phi) is 12.3. The van der Waals surface area contributed by atoms with E-state index in [1.165, 1.54) is 12.4 Å². The number of benzene rings is 2. The zero-order valence-corrected chi connectivity index (χ0v) is 33.1. The molecular formula is C43H44Cl2N8O4. The maximum Gasteiger partial charge on any atom is 0.220 e. The van der Waals surface area contributed by atoms with E-state index in [1.54, 1.807) is 7.11 Å². The van der Waals surface area contributed by atoms with Crippen molar-refractivity contribution in [3.8, 4) is 46.2 Å². The lowest BCUT2D eigenvalue weighted by molar-refractivity contribution is 0.0670. The number of anilines is 2. The Morgan fingerprint density at radius 3 is 1.93 bits per heavy atom. The fraction of sp³-hybridized carbons (Fsp3) is 0.349. The molecule has 4 aromatic heterocycles. The lowest BCUT2D eigenvalue weighted by Crippen LogP contribution is -2.20. The van der Waals surface area contributed by atoms with Crippen LogP contribution in [-0.4, -0.2) is 77.8 Å². The van der Waals surface area contributed by atoms with Crippen molar-refractivity contribution in [2.75, 3.05) is 38.4 Å². The van der Waals surface area contributed by atoms with Gasteiger partial charge in [0.15, 0.2) is 0 Å². The summed E-state index contributed by atoms with van der Waals surface area (Å²) in [5.74, 6) is 12.7. The Morgan fingerprint density at radius 2 is 1.33 bits per heavy atom. The van der Waals surface area contributed by atoms with Gasteiger partial charge in [-0.15, -0.1) is 0 Å². The molecule has 0 atom stereocenters. The first kappa shape index (κ1) is 40.0. The topological polar surface area (TPSA) is 183 Å². The molecule has 6 aromatic rings. The van der Waals surface area contributed by atoms with E-state index < -0.39 is 11.2 Å². The highest BCUT2D eigenvalue weighted by Crippen LogP contribution is 2.36. The molecule has 0 radical (unpaired) electrons. The van der Waals surface area contributed by atoms with Crippen LogP contribution in [0.3, 0.4) is 0 Å². The standard InChI is InChI=1S/C24H27ClN4O3.C19H17ClN4O/c1-31-12-13-32-11-10-29-16-19(22-20(25)15-27-23(26)28-22)18-14-17(4-5-21(18)29)6-9-24(30)7-2-3-8-24;20-15-11-23-18(21)24-17(15)14-10-22-16-4-3-12(9-13(14)16)5-8-19(25)6-1-2-7-19/h4-5,14-16,30H,2-3,7-8,10-13H2,1H3,(H2,26,27,28);3-4,9-11,22,25H,1-2,6-7H2,(H2,21,23,24). The predicted molar refractivity (Wildman–Crippen MR) is 224 cm³/mol. The summed E-state index contributed by atoms with van der Waals surface area (Å²) >= 11 is 12.7. The number of nitrogen functional groups attached to an aromatic ring is 2. The van der Waals surface area contributed by atoms with Gasteiger partial charge in [0, 0.05) is 70.1 Å². The molecule has 0 amide bonds. The minimum absolute atomic E-state index is 0.160. The van der Waals surface area contributed by atoms with E-state index in [9.17, 15) is 10.2 Å². The first-order valence-electron chi connectivity index (χ1n) is 18.9. The molecule has 294 valence electrons. The van der Waals surface area contributed by atoms with E-state index in [-0.39, 0.29) is 11.9 Å². The summed E-state index contributed by atoms with van der Waals surface area (Å²) in [4.78, 5) is 19.7. The third-order valence-corrected chi connectivity index (χ3v) is 10.8. The average molecular weight is 808 g/mol. The van der Waals surface area contributed by atoms with E-state index in [0.717, 1.165) is 95.4 Å². The molecule has 12 nitrogen and oxygen atoms in total. The summed E-state index contributed by atoms with van der Waals surface area (Å²) in [7, 11) is 1.65. The normalized spacial score (nSPS) is 15.5. The third kappa shape index (κ3) is 9.52. The maximum absolute atomic E-state index is 10.6. The van der Waals surface area contributed by atoms with Gasteiger partial charge in [0.1, 0.15) is 11.2 Å². The number of methoxy groups -OCH3 is 1. The fourth-order valence-corrected chi connectivity index (χ4v) is 7.62. The number of hydrogen-bond donors (Lipinski definition) is 5. The number of fused-ring (bicyclic) bond motifs is 2. The van der Waals surface area contributed by atoms with Crippen LogP contribution < -0.4 is 11.5 Å². The summed E-state index contributed by atoms with van der Waals surface area (Å²) < 4.78 is 12.8. The van der Waals surface area contributed by atoms with Gasteiger partial charge < -0.3 is 40.7 Å². The molecule has 2 aromatic carbocycles. The van der Waals surface area contributed by atoms with Gasteiger partial charge in [-0.1, -0.05) is 46.9 Å². The molecule has 8 rings (SSSR count). The van der Waals surface area contributed by atoms with Gasteiger partial charge in [-0.3, -0.25) is 0 Å². The molecule has 0 bridgehead atoms. The maximum atomic E-state index is 10.6. The molecule has 2 fully saturated rings. The number of aromatic amines is 1. The van der Waals surface area contributed by atoms with Crippen molar-refractivity contribution in [3.05, 3.63) is 82.4 Å². The quantitative estimate of drug-likeness (QED) is 0.0781. The second-order valence-corrected chi connectivity index (χ2v) is 15.2. The van der Waals surface area contributed by atoms with Crippen LogP contribution in [0.5, 0.6) is 0 Å². The fourth-order valence-electron chi connectivity index (χ4n) is 7.24. The van der Waals surface area contributed by atoms with Crippen LogP contribution >= 0.6 is 23.2 Å². The van der Waals surface area contributed by atoms with E-state index in [4.69, 9.17) is 44.1 Å². The van der Waals surface area contributed by atoms with Crippen molar-refractivity contribution in [1.82, 2.24) is 29.5 Å². The predicted octanol–water partition coefficient (Wildman–Crippen LogP) is 7.17. The molecule has 57 heavy (non-hydrogen) atoms. The molecule has 0 saturated heterocycles. The number of ether oxygens (including phenoxy) is 2. The van der Waals surface area contributed by atoms with Crippen molar-refractivity contribution >= 4 is 56.9 Å². The Labute approximate surface area is 341 Å². The van der Waals surface area contributed by atoms with E-state index >= 15 is 0 Å². The van der Waals surface area contributed by atoms with Crippen LogP contribution in [0.2, 0.25) is 10.0 Å². The molecule has 0 aliphatic heterocycles. The Bertz CT molecular complexity index is 2520. The van der Waals surface area contributed by atoms with E-state index in [2.05, 4.69) is 53.2 Å². The number of nitrogens with one attached hydrogen (secondary N) is 1. The van der Waals surface area contributed by atoms with Crippen molar-refractivity contribution < 1.29 is 19.7 Å². The van der Waals surface area contributed by atoms with E-state index in [0.29, 0.717) is 47.8 Å². The largest absolute Gasteiger partial charge is 0.382 e. The molecule has 0 spiro atoms. The third-order valence-electron chi connectivity index (χ3n) is 10.2. The number of halogens is 2. The summed E-state index contributed by atoms with van der Waals surface area (Å²) in [6.45, 7) is 2.30. The van der Waals surface area contributed by atoms with E-state index in [1.807, 2.05) is 48.8 Å². The van der Waals surface area contributed by atoms with Gasteiger partial charge in [0.05, 0.1) is 53.6 Å². The lowest BCUT2D eigenvalue weighted by Gasteiger charge is -2.12. The summed E-state index contributed by atoms with van der Waals surface area (Å²) in [6, 6.07) is 11.9. The van der Waals surface area contributed by atoms with Gasteiger partial charge in [0.2, 0.25) is 11.9 Å². The molecule has 2 saturated carbocycles. The first-order valence-corrected chi connectivity index (χ1v) is 19.7. The number of rotatable bonds is 8. The number of hydrogen-bond acceptors (Lipinski definition) is 10. The Hall–Kier alpha value is -5.18. The highest BCUT2D eigenvalue weighted by molar-refractivity contribution is 6.33. The Morgan fingerprint density at radius 1 is 0.772 bits per heavy atom. The van der Waals surface area contributed by atoms with Gasteiger partial charge in [-0.25, -0.2) is 19.9 Å². The molecule has 14 heteroatoms. The molecule has 2 aliphatic carbocycles. The van der Waals surface area contributed by atoms with Crippen molar-refractivity contribution in [2.45, 2.75) is 69.1 Å². The number of nitrogens with zero attached hydrogens (tertiary/aromatic N) is 5. The van der Waals surface area contributed by atoms with Crippen molar-refractivity contribution in [1.29, 1.82) is 0 Å². The minimum atomic E-state index is -0.881. The Balaban J connectivity index is 0.000000179. The zero-order valence-electron chi connectivity index (χ0n) is 31.6. The highest BCUT2D eigenvalue weighted by Gasteiger charge is 2.29. The van der Waals surface area contributed by atoms with Gasteiger partial charge in [0.25, 0.3) is 0 Å². The second kappa shape index (κ2) is 17.5. The van der Waals surface area contributed by atoms with Gasteiger partial charge in [-0.2, -0.15) is 0 Å². The molecule has 0 unspecified atom stereocenters. The summed E-state index contributed by atoms with van der Waals surface area (Å²) in [5, 5.41) is 23.7. The number of nitrogens with two attached hydrogens (primary N) is 2. The highest BCUT2D eigenvalue weighted by atomic mass is 35.5. The lowest BCUT2D eigenvalue weighted by atomic mass is 10.0. The average Bonchev–Trinajstić information content (AvgIpc) is 4.02. The number of H-pyrrole nitrogens is 1. The second-order valence-electron chi connectivity index (χ2n) is 14.4.